The van der Waals surface area contributed by atoms with Crippen LogP contribution in [-0.2, 0) is 6.42 Å². The molecule has 29 heavy (non-hydrogen) atoms. The standard InChI is InChI=1S/C21H26N4O3.HI/c1-22-20(26)16-6-3-5-15(13-16)9-10-24-21(23-2)25-17-7-8-18-19(14-17)28-12-4-11-27-18;/h3,5-8,13-14H,4,9-12H2,1-2H3,(H,22,26)(H2,23,24,25);1H. The first-order chi connectivity index (χ1) is 13.7. The summed E-state index contributed by atoms with van der Waals surface area (Å²) >= 11 is 0. The van der Waals surface area contributed by atoms with Crippen molar-refractivity contribution in [2.24, 2.45) is 4.99 Å². The number of amides is 1. The molecule has 0 saturated carbocycles. The molecule has 3 N–H and O–H groups in total. The molecular weight excluding hydrogens is 483 g/mol. The Morgan fingerprint density at radius 3 is 2.66 bits per heavy atom. The van der Waals surface area contributed by atoms with E-state index in [1.807, 2.05) is 36.4 Å². The van der Waals surface area contributed by atoms with E-state index in [2.05, 4.69) is 20.9 Å². The molecule has 1 amide bonds. The Morgan fingerprint density at radius 2 is 1.90 bits per heavy atom. The summed E-state index contributed by atoms with van der Waals surface area (Å²) in [5.74, 6) is 2.09. The molecule has 3 rings (SSSR count). The fourth-order valence-corrected chi connectivity index (χ4v) is 2.89. The minimum absolute atomic E-state index is 0. The van der Waals surface area contributed by atoms with Crippen molar-refractivity contribution in [2.45, 2.75) is 12.8 Å². The topological polar surface area (TPSA) is 84.0 Å². The number of fused-ring (bicyclic) bond motifs is 1. The van der Waals surface area contributed by atoms with Crippen LogP contribution in [0, 0.1) is 0 Å². The van der Waals surface area contributed by atoms with Crippen molar-refractivity contribution in [3.05, 3.63) is 53.6 Å². The number of halogens is 1. The predicted molar refractivity (Wildman–Crippen MR) is 126 cm³/mol. The quantitative estimate of drug-likeness (QED) is 0.327. The summed E-state index contributed by atoms with van der Waals surface area (Å²) in [6.07, 6.45) is 1.65. The van der Waals surface area contributed by atoms with E-state index in [9.17, 15) is 4.79 Å². The summed E-state index contributed by atoms with van der Waals surface area (Å²) < 4.78 is 11.4. The van der Waals surface area contributed by atoms with Gasteiger partial charge in [-0.05, 0) is 36.2 Å². The van der Waals surface area contributed by atoms with Crippen LogP contribution in [0.2, 0.25) is 0 Å². The summed E-state index contributed by atoms with van der Waals surface area (Å²) in [6, 6.07) is 13.4. The third-order valence-electron chi connectivity index (χ3n) is 4.36. The summed E-state index contributed by atoms with van der Waals surface area (Å²) in [7, 11) is 3.36. The van der Waals surface area contributed by atoms with Crippen molar-refractivity contribution in [3.8, 4) is 11.5 Å². The molecule has 1 aliphatic heterocycles. The molecule has 0 bridgehead atoms. The molecule has 0 aromatic heterocycles. The molecule has 0 fully saturated rings. The van der Waals surface area contributed by atoms with Gasteiger partial charge in [-0.25, -0.2) is 0 Å². The molecule has 7 nitrogen and oxygen atoms in total. The van der Waals surface area contributed by atoms with Crippen LogP contribution in [-0.4, -0.2) is 45.7 Å². The Balaban J connectivity index is 0.00000300. The van der Waals surface area contributed by atoms with Crippen molar-refractivity contribution in [1.29, 1.82) is 0 Å². The van der Waals surface area contributed by atoms with Crippen molar-refractivity contribution >= 4 is 41.5 Å². The van der Waals surface area contributed by atoms with Gasteiger partial charge in [0.25, 0.3) is 5.91 Å². The second-order valence-corrected chi connectivity index (χ2v) is 6.37. The SMILES string of the molecule is CN=C(NCCc1cccc(C(=O)NC)c1)Nc1ccc2c(c1)OCCCO2.I. The molecule has 8 heteroatoms. The van der Waals surface area contributed by atoms with E-state index in [-0.39, 0.29) is 29.9 Å². The number of hydrogen-bond donors (Lipinski definition) is 3. The van der Waals surface area contributed by atoms with Crippen LogP contribution >= 0.6 is 24.0 Å². The molecule has 1 heterocycles. The minimum Gasteiger partial charge on any atom is -0.490 e. The Labute approximate surface area is 188 Å². The van der Waals surface area contributed by atoms with E-state index in [1.165, 1.54) is 0 Å². The zero-order valence-corrected chi connectivity index (χ0v) is 19.0. The number of carbonyl (C=O) groups is 1. The lowest BCUT2D eigenvalue weighted by Gasteiger charge is -2.14. The number of anilines is 1. The number of ether oxygens (including phenoxy) is 2. The summed E-state index contributed by atoms with van der Waals surface area (Å²) in [4.78, 5) is 16.0. The average molecular weight is 510 g/mol. The third kappa shape index (κ3) is 6.52. The second kappa shape index (κ2) is 11.5. The maximum absolute atomic E-state index is 11.7. The van der Waals surface area contributed by atoms with Gasteiger partial charge < -0.3 is 25.4 Å². The van der Waals surface area contributed by atoms with E-state index in [0.29, 0.717) is 31.3 Å². The highest BCUT2D eigenvalue weighted by Crippen LogP contribution is 2.32. The minimum atomic E-state index is -0.0818. The molecule has 0 aliphatic carbocycles. The molecule has 2 aromatic rings. The number of carbonyl (C=O) groups excluding carboxylic acids is 1. The van der Waals surface area contributed by atoms with Crippen LogP contribution in [0.4, 0.5) is 5.69 Å². The number of aliphatic imine (C=N–C) groups is 1. The Bertz CT molecular complexity index is 858. The van der Waals surface area contributed by atoms with Crippen molar-refractivity contribution in [2.75, 3.05) is 39.2 Å². The van der Waals surface area contributed by atoms with E-state index in [0.717, 1.165) is 35.6 Å². The Hall–Kier alpha value is -2.49. The van der Waals surface area contributed by atoms with Crippen LogP contribution in [0.15, 0.2) is 47.5 Å². The van der Waals surface area contributed by atoms with Gasteiger partial charge in [-0.2, -0.15) is 0 Å². The van der Waals surface area contributed by atoms with Gasteiger partial charge in [-0.15, -0.1) is 24.0 Å². The first-order valence-electron chi connectivity index (χ1n) is 9.38. The van der Waals surface area contributed by atoms with Crippen molar-refractivity contribution < 1.29 is 14.3 Å². The van der Waals surface area contributed by atoms with Gasteiger partial charge in [-0.1, -0.05) is 12.1 Å². The molecule has 156 valence electrons. The molecule has 0 radical (unpaired) electrons. The van der Waals surface area contributed by atoms with Crippen LogP contribution in [0.25, 0.3) is 0 Å². The van der Waals surface area contributed by atoms with Gasteiger partial charge in [0, 0.05) is 44.4 Å². The lowest BCUT2D eigenvalue weighted by molar-refractivity contribution is 0.0963. The van der Waals surface area contributed by atoms with E-state index in [1.54, 1.807) is 20.2 Å². The lowest BCUT2D eigenvalue weighted by Crippen LogP contribution is -2.32. The van der Waals surface area contributed by atoms with Crippen molar-refractivity contribution in [3.63, 3.8) is 0 Å². The summed E-state index contributed by atoms with van der Waals surface area (Å²) in [5, 5.41) is 9.19. The molecule has 2 aromatic carbocycles. The first kappa shape index (κ1) is 22.8. The fraction of sp³-hybridized carbons (Fsp3) is 0.333. The predicted octanol–water partition coefficient (Wildman–Crippen LogP) is 3.06. The maximum atomic E-state index is 11.7. The van der Waals surface area contributed by atoms with E-state index >= 15 is 0 Å². The number of rotatable bonds is 5. The lowest BCUT2D eigenvalue weighted by atomic mass is 10.1. The number of guanidine groups is 1. The Kier molecular flexibility index (Phi) is 9.04. The van der Waals surface area contributed by atoms with Gasteiger partial charge in [-0.3, -0.25) is 9.79 Å². The Morgan fingerprint density at radius 1 is 1.10 bits per heavy atom. The smallest absolute Gasteiger partial charge is 0.251 e. The number of nitrogens with zero attached hydrogens (tertiary/aromatic N) is 1. The number of hydrogen-bond acceptors (Lipinski definition) is 4. The highest BCUT2D eigenvalue weighted by atomic mass is 127. The zero-order chi connectivity index (χ0) is 19.8. The molecule has 0 spiro atoms. The van der Waals surface area contributed by atoms with Crippen molar-refractivity contribution in [1.82, 2.24) is 10.6 Å². The molecular formula is C21H27IN4O3. The van der Waals surface area contributed by atoms with E-state index in [4.69, 9.17) is 9.47 Å². The van der Waals surface area contributed by atoms with Crippen LogP contribution < -0.4 is 25.4 Å². The maximum Gasteiger partial charge on any atom is 0.251 e. The third-order valence-corrected chi connectivity index (χ3v) is 4.36. The summed E-state index contributed by atoms with van der Waals surface area (Å²) in [6.45, 7) is 2.00. The molecule has 0 saturated heterocycles. The van der Waals surface area contributed by atoms with Crippen LogP contribution in [0.5, 0.6) is 11.5 Å². The highest BCUT2D eigenvalue weighted by Gasteiger charge is 2.11. The summed E-state index contributed by atoms with van der Waals surface area (Å²) in [5.41, 5.74) is 2.62. The molecule has 0 unspecified atom stereocenters. The number of nitrogens with one attached hydrogen (secondary N) is 3. The molecule has 1 aliphatic rings. The second-order valence-electron chi connectivity index (χ2n) is 6.37. The average Bonchev–Trinajstić information content (AvgIpc) is 2.97. The largest absolute Gasteiger partial charge is 0.490 e. The van der Waals surface area contributed by atoms with Gasteiger partial charge in [0.15, 0.2) is 17.5 Å². The fourth-order valence-electron chi connectivity index (χ4n) is 2.89. The molecule has 0 atom stereocenters. The number of benzene rings is 2. The normalized spacial score (nSPS) is 13.0. The monoisotopic (exact) mass is 510 g/mol. The van der Waals surface area contributed by atoms with Gasteiger partial charge in [0.05, 0.1) is 13.2 Å². The van der Waals surface area contributed by atoms with E-state index < -0.39 is 0 Å². The van der Waals surface area contributed by atoms with Crippen LogP contribution in [0.3, 0.4) is 0 Å². The first-order valence-corrected chi connectivity index (χ1v) is 9.38. The van der Waals surface area contributed by atoms with Crippen LogP contribution in [0.1, 0.15) is 22.3 Å². The van der Waals surface area contributed by atoms with Gasteiger partial charge >= 0.3 is 0 Å². The van der Waals surface area contributed by atoms with Gasteiger partial charge in [0.2, 0.25) is 0 Å². The van der Waals surface area contributed by atoms with Gasteiger partial charge in [0.1, 0.15) is 0 Å². The highest BCUT2D eigenvalue weighted by molar-refractivity contribution is 14.0. The zero-order valence-electron chi connectivity index (χ0n) is 16.7.